The van der Waals surface area contributed by atoms with Crippen molar-refractivity contribution >= 4 is 29.0 Å². The van der Waals surface area contributed by atoms with Crippen LogP contribution in [0.1, 0.15) is 12.8 Å². The van der Waals surface area contributed by atoms with Crippen LogP contribution in [0.3, 0.4) is 0 Å². The molecule has 0 amide bonds. The smallest absolute Gasteiger partial charge is 0.366 e. The van der Waals surface area contributed by atoms with Crippen molar-refractivity contribution in [1.82, 2.24) is 14.6 Å². The Morgan fingerprint density at radius 3 is 3.00 bits per heavy atom. The number of nitro groups is 1. The summed E-state index contributed by atoms with van der Waals surface area (Å²) in [5.41, 5.74) is 0.475. The molecule has 19 heavy (non-hydrogen) atoms. The third kappa shape index (κ3) is 2.23. The van der Waals surface area contributed by atoms with Crippen LogP contribution in [0.2, 0.25) is 0 Å². The summed E-state index contributed by atoms with van der Waals surface area (Å²) < 4.78 is 1.57. The van der Waals surface area contributed by atoms with E-state index in [1.165, 1.54) is 23.6 Å². The van der Waals surface area contributed by atoms with Crippen LogP contribution in [0, 0.1) is 10.1 Å². The molecule has 1 fully saturated rings. The Hall–Kier alpha value is -1.83. The molecule has 1 aliphatic rings. The summed E-state index contributed by atoms with van der Waals surface area (Å²) in [7, 11) is 0. The van der Waals surface area contributed by atoms with E-state index in [4.69, 9.17) is 0 Å². The Morgan fingerprint density at radius 1 is 1.58 bits per heavy atom. The number of rotatable bonds is 5. The van der Waals surface area contributed by atoms with Crippen LogP contribution in [0.5, 0.6) is 0 Å². The van der Waals surface area contributed by atoms with E-state index in [1.807, 2.05) is 11.8 Å². The summed E-state index contributed by atoms with van der Waals surface area (Å²) in [5, 5.41) is 18.3. The molecule has 1 saturated carbocycles. The molecule has 0 unspecified atom stereocenters. The molecule has 100 valence electrons. The van der Waals surface area contributed by atoms with E-state index in [2.05, 4.69) is 21.7 Å². The second kappa shape index (κ2) is 4.37. The zero-order chi connectivity index (χ0) is 13.5. The largest absolute Gasteiger partial charge is 0.368 e. The Labute approximate surface area is 113 Å². The lowest BCUT2D eigenvalue weighted by atomic mass is 10.4. The third-order valence-electron chi connectivity index (χ3n) is 3.36. The van der Waals surface area contributed by atoms with Gasteiger partial charge in [0.1, 0.15) is 6.20 Å². The van der Waals surface area contributed by atoms with Gasteiger partial charge in [0, 0.05) is 17.4 Å². The second-order valence-corrected chi connectivity index (χ2v) is 5.88. The molecule has 3 rings (SSSR count). The van der Waals surface area contributed by atoms with Gasteiger partial charge in [-0.1, -0.05) is 9.61 Å². The highest BCUT2D eigenvalue weighted by Gasteiger charge is 2.41. The molecular weight excluding hydrogens is 266 g/mol. The lowest BCUT2D eigenvalue weighted by Crippen LogP contribution is -2.18. The van der Waals surface area contributed by atoms with Gasteiger partial charge in [0.15, 0.2) is 5.82 Å². The number of hydrogen-bond acceptors (Lipinski definition) is 6. The molecule has 7 nitrogen and oxygen atoms in total. The lowest BCUT2D eigenvalue weighted by Gasteiger charge is -2.12. The first-order chi connectivity index (χ1) is 9.13. The molecular formula is C11H13N5O2S. The molecule has 0 saturated heterocycles. The molecule has 0 radical (unpaired) electrons. The Balaban J connectivity index is 1.84. The number of aromatic nitrogens is 3. The minimum Gasteiger partial charge on any atom is -0.366 e. The van der Waals surface area contributed by atoms with Crippen LogP contribution in [0.15, 0.2) is 18.3 Å². The molecule has 0 bridgehead atoms. The number of nitrogens with zero attached hydrogens (tertiary/aromatic N) is 4. The van der Waals surface area contributed by atoms with Crippen molar-refractivity contribution in [3.63, 3.8) is 0 Å². The molecule has 2 aromatic heterocycles. The monoisotopic (exact) mass is 279 g/mol. The highest BCUT2D eigenvalue weighted by molar-refractivity contribution is 8.00. The van der Waals surface area contributed by atoms with Crippen LogP contribution in [0.4, 0.5) is 11.6 Å². The minimum atomic E-state index is -0.485. The predicted octanol–water partition coefficient (Wildman–Crippen LogP) is 1.94. The van der Waals surface area contributed by atoms with Gasteiger partial charge in [-0.2, -0.15) is 11.8 Å². The summed E-state index contributed by atoms with van der Waals surface area (Å²) in [6, 6.07) is 3.52. The van der Waals surface area contributed by atoms with Gasteiger partial charge in [0.2, 0.25) is 5.65 Å². The van der Waals surface area contributed by atoms with Crippen molar-refractivity contribution < 1.29 is 4.92 Å². The maximum absolute atomic E-state index is 10.8. The van der Waals surface area contributed by atoms with Crippen LogP contribution >= 0.6 is 11.8 Å². The number of anilines is 1. The van der Waals surface area contributed by atoms with Gasteiger partial charge in [0.05, 0.1) is 0 Å². The van der Waals surface area contributed by atoms with Gasteiger partial charge in [-0.05, 0) is 30.1 Å². The van der Waals surface area contributed by atoms with E-state index in [-0.39, 0.29) is 5.82 Å². The maximum Gasteiger partial charge on any atom is 0.368 e. The molecule has 0 aliphatic heterocycles. The van der Waals surface area contributed by atoms with Crippen molar-refractivity contribution in [3.8, 4) is 0 Å². The van der Waals surface area contributed by atoms with Crippen molar-refractivity contribution in [2.45, 2.75) is 17.6 Å². The van der Waals surface area contributed by atoms with E-state index in [1.54, 1.807) is 12.1 Å². The summed E-state index contributed by atoms with van der Waals surface area (Å²) in [6.07, 6.45) is 5.73. The molecule has 2 heterocycles. The minimum absolute atomic E-state index is 0.121. The fourth-order valence-corrected chi connectivity index (χ4v) is 2.65. The van der Waals surface area contributed by atoms with Crippen molar-refractivity contribution in [2.24, 2.45) is 0 Å². The van der Waals surface area contributed by atoms with E-state index in [0.717, 1.165) is 6.54 Å². The molecule has 0 aromatic carbocycles. The molecule has 8 heteroatoms. The maximum atomic E-state index is 10.8. The summed E-state index contributed by atoms with van der Waals surface area (Å²) in [5.74, 6) is 0.513. The third-order valence-corrected chi connectivity index (χ3v) is 4.78. The van der Waals surface area contributed by atoms with Gasteiger partial charge in [-0.25, -0.2) is 4.98 Å². The summed E-state index contributed by atoms with van der Waals surface area (Å²) in [6.45, 7) is 0.829. The topological polar surface area (TPSA) is 85.4 Å². The molecule has 0 spiro atoms. The molecule has 0 atom stereocenters. The fraction of sp³-hybridized carbons (Fsp3) is 0.455. The van der Waals surface area contributed by atoms with E-state index in [9.17, 15) is 10.1 Å². The van der Waals surface area contributed by atoms with Gasteiger partial charge in [-0.15, -0.1) is 0 Å². The average molecular weight is 279 g/mol. The number of thioether (sulfide) groups is 1. The Kier molecular flexibility index (Phi) is 2.81. The first-order valence-electron chi connectivity index (χ1n) is 5.92. The Morgan fingerprint density at radius 2 is 2.37 bits per heavy atom. The molecule has 1 N–H and O–H groups in total. The fourth-order valence-electron chi connectivity index (χ4n) is 1.92. The quantitative estimate of drug-likeness (QED) is 0.665. The number of imidazole rings is 1. The second-order valence-electron chi connectivity index (χ2n) is 4.60. The number of hydrogen-bond donors (Lipinski definition) is 1. The van der Waals surface area contributed by atoms with Gasteiger partial charge >= 0.3 is 5.82 Å². The zero-order valence-corrected chi connectivity index (χ0v) is 11.2. The average Bonchev–Trinajstić information content (AvgIpc) is 3.07. The SMILES string of the molecule is CSC1(CNc2ccc3ncc([N+](=O)[O-])n3n2)CC1. The summed E-state index contributed by atoms with van der Waals surface area (Å²) >= 11 is 1.85. The van der Waals surface area contributed by atoms with Crippen molar-refractivity contribution in [2.75, 3.05) is 18.1 Å². The first kappa shape index (κ1) is 12.2. The molecule has 2 aromatic rings. The highest BCUT2D eigenvalue weighted by atomic mass is 32.2. The van der Waals surface area contributed by atoms with Crippen LogP contribution in [0.25, 0.3) is 5.65 Å². The van der Waals surface area contributed by atoms with Crippen LogP contribution < -0.4 is 5.32 Å². The number of fused-ring (bicyclic) bond motifs is 1. The lowest BCUT2D eigenvalue weighted by molar-refractivity contribution is -0.391. The van der Waals surface area contributed by atoms with Gasteiger partial charge in [0.25, 0.3) is 0 Å². The summed E-state index contributed by atoms with van der Waals surface area (Å²) in [4.78, 5) is 14.3. The number of nitrogens with one attached hydrogen (secondary N) is 1. The predicted molar refractivity (Wildman–Crippen MR) is 73.6 cm³/mol. The van der Waals surface area contributed by atoms with Gasteiger partial charge in [-0.3, -0.25) is 0 Å². The van der Waals surface area contributed by atoms with Crippen LogP contribution in [-0.4, -0.2) is 37.1 Å². The highest BCUT2D eigenvalue weighted by Crippen LogP contribution is 2.46. The van der Waals surface area contributed by atoms with Crippen molar-refractivity contribution in [1.29, 1.82) is 0 Å². The van der Waals surface area contributed by atoms with Crippen LogP contribution in [-0.2, 0) is 0 Å². The van der Waals surface area contributed by atoms with E-state index < -0.39 is 4.92 Å². The van der Waals surface area contributed by atoms with E-state index >= 15 is 0 Å². The Bertz CT molecular complexity index is 637. The first-order valence-corrected chi connectivity index (χ1v) is 7.14. The zero-order valence-electron chi connectivity index (χ0n) is 10.4. The van der Waals surface area contributed by atoms with Gasteiger partial charge < -0.3 is 15.4 Å². The standard InChI is InChI=1S/C11H13N5O2S/c1-19-11(4-5-11)7-13-8-2-3-9-12-6-10(16(17)18)15(9)14-8/h2-3,6H,4-5,7H2,1H3,(H,13,14). The normalized spacial score (nSPS) is 16.5. The molecule has 1 aliphatic carbocycles. The van der Waals surface area contributed by atoms with E-state index in [0.29, 0.717) is 16.2 Å². The van der Waals surface area contributed by atoms with Crippen molar-refractivity contribution in [3.05, 3.63) is 28.4 Å².